The summed E-state index contributed by atoms with van der Waals surface area (Å²) in [5, 5.41) is 5.69. The van der Waals surface area contributed by atoms with Crippen molar-refractivity contribution in [3.63, 3.8) is 0 Å². The van der Waals surface area contributed by atoms with Crippen molar-refractivity contribution in [3.05, 3.63) is 24.4 Å². The Bertz CT molecular complexity index is 433. The minimum Gasteiger partial charge on any atom is -0.370 e. The Kier molecular flexibility index (Phi) is 6.54. The topological polar surface area (TPSA) is 92.4 Å². The predicted molar refractivity (Wildman–Crippen MR) is 85.5 cm³/mol. The zero-order valence-corrected chi connectivity index (χ0v) is 12.8. The number of nitrogens with one attached hydrogen (secondary N) is 2. The summed E-state index contributed by atoms with van der Waals surface area (Å²) in [5.74, 6) is 1.31. The lowest BCUT2D eigenvalue weighted by Gasteiger charge is -2.05. The summed E-state index contributed by atoms with van der Waals surface area (Å²) in [6.07, 6.45) is 3.70. The van der Waals surface area contributed by atoms with E-state index in [2.05, 4.69) is 20.6 Å². The number of hydrogen-bond acceptors (Lipinski definition) is 3. The monoisotopic (exact) mass is 375 g/mol. The molecule has 7 heteroatoms. The first-order valence-corrected chi connectivity index (χ1v) is 6.01. The van der Waals surface area contributed by atoms with Crippen LogP contribution in [0.3, 0.4) is 0 Å². The highest BCUT2D eigenvalue weighted by Gasteiger charge is 2.28. The number of pyridine rings is 1. The lowest BCUT2D eigenvalue weighted by Crippen LogP contribution is -2.29. The van der Waals surface area contributed by atoms with Crippen molar-refractivity contribution in [1.82, 2.24) is 10.3 Å². The molecule has 2 rings (SSSR count). The summed E-state index contributed by atoms with van der Waals surface area (Å²) in [6, 6.07) is 5.49. The first kappa shape index (κ1) is 15.7. The Balaban J connectivity index is 0.00000180. The maximum absolute atomic E-state index is 11.3. The molecule has 0 bridgehead atoms. The highest BCUT2D eigenvalue weighted by molar-refractivity contribution is 14.0. The second-order valence-corrected chi connectivity index (χ2v) is 4.17. The van der Waals surface area contributed by atoms with Crippen molar-refractivity contribution in [2.75, 3.05) is 18.4 Å². The summed E-state index contributed by atoms with van der Waals surface area (Å²) in [7, 11) is 0. The van der Waals surface area contributed by atoms with Gasteiger partial charge in [0.25, 0.3) is 0 Å². The van der Waals surface area contributed by atoms with Crippen LogP contribution in [-0.4, -0.2) is 29.9 Å². The molecule has 1 fully saturated rings. The number of anilines is 1. The van der Waals surface area contributed by atoms with Gasteiger partial charge >= 0.3 is 0 Å². The number of hydrogen-bond donors (Lipinski definition) is 3. The van der Waals surface area contributed by atoms with Gasteiger partial charge in [0.1, 0.15) is 5.82 Å². The number of rotatable bonds is 5. The van der Waals surface area contributed by atoms with E-state index in [1.807, 2.05) is 12.1 Å². The predicted octanol–water partition coefficient (Wildman–Crippen LogP) is 0.952. The van der Waals surface area contributed by atoms with Crippen molar-refractivity contribution in [2.24, 2.45) is 16.6 Å². The average molecular weight is 375 g/mol. The maximum atomic E-state index is 11.3. The molecule has 0 aliphatic heterocycles. The van der Waals surface area contributed by atoms with Gasteiger partial charge in [-0.05, 0) is 25.0 Å². The van der Waals surface area contributed by atoms with E-state index in [-0.39, 0.29) is 35.8 Å². The highest BCUT2D eigenvalue weighted by Crippen LogP contribution is 2.28. The molecule has 0 spiro atoms. The highest BCUT2D eigenvalue weighted by atomic mass is 127. The fraction of sp³-hybridized carbons (Fsp3) is 0.417. The summed E-state index contributed by atoms with van der Waals surface area (Å²) in [6.45, 7) is 0.976. The third-order valence-electron chi connectivity index (χ3n) is 2.56. The molecule has 4 N–H and O–H groups in total. The number of aliphatic imine (C=N–C) groups is 1. The van der Waals surface area contributed by atoms with Crippen LogP contribution in [-0.2, 0) is 4.79 Å². The van der Waals surface area contributed by atoms with Crippen molar-refractivity contribution in [3.8, 4) is 0 Å². The Hall–Kier alpha value is -1.38. The van der Waals surface area contributed by atoms with Crippen LogP contribution < -0.4 is 16.4 Å². The second kappa shape index (κ2) is 7.93. The van der Waals surface area contributed by atoms with Crippen LogP contribution in [0.15, 0.2) is 29.4 Å². The largest absolute Gasteiger partial charge is 0.370 e. The molecule has 6 nitrogen and oxygen atoms in total. The van der Waals surface area contributed by atoms with E-state index >= 15 is 0 Å². The minimum atomic E-state index is 0. The normalized spacial score (nSPS) is 14.4. The van der Waals surface area contributed by atoms with Gasteiger partial charge in [-0.15, -0.1) is 24.0 Å². The van der Waals surface area contributed by atoms with Crippen molar-refractivity contribution in [1.29, 1.82) is 0 Å². The molecule has 104 valence electrons. The van der Waals surface area contributed by atoms with Crippen LogP contribution in [0.2, 0.25) is 0 Å². The smallest absolute Gasteiger partial charge is 0.223 e. The van der Waals surface area contributed by atoms with Gasteiger partial charge in [-0.3, -0.25) is 9.79 Å². The number of carbonyl (C=O) groups excluding carboxylic acids is 1. The first-order chi connectivity index (χ1) is 8.75. The van der Waals surface area contributed by atoms with Gasteiger partial charge in [0.05, 0.1) is 6.54 Å². The molecule has 1 aromatic rings. The van der Waals surface area contributed by atoms with Crippen molar-refractivity contribution >= 4 is 41.7 Å². The van der Waals surface area contributed by atoms with Crippen LogP contribution in [0, 0.1) is 5.92 Å². The van der Waals surface area contributed by atoms with Crippen LogP contribution in [0.4, 0.5) is 5.82 Å². The molecule has 19 heavy (non-hydrogen) atoms. The Morgan fingerprint density at radius 2 is 2.26 bits per heavy atom. The Morgan fingerprint density at radius 3 is 2.89 bits per heavy atom. The minimum absolute atomic E-state index is 0. The number of amides is 1. The van der Waals surface area contributed by atoms with Crippen molar-refractivity contribution in [2.45, 2.75) is 12.8 Å². The molecule has 0 unspecified atom stereocenters. The van der Waals surface area contributed by atoms with Gasteiger partial charge in [-0.2, -0.15) is 0 Å². The van der Waals surface area contributed by atoms with E-state index in [1.165, 1.54) is 0 Å². The summed E-state index contributed by atoms with van der Waals surface area (Å²) in [4.78, 5) is 19.5. The van der Waals surface area contributed by atoms with Crippen LogP contribution in [0.5, 0.6) is 0 Å². The summed E-state index contributed by atoms with van der Waals surface area (Å²) >= 11 is 0. The SMILES string of the molecule is I.NC(=NCCNC(=O)C1CC1)Nc1ccccn1. The van der Waals surface area contributed by atoms with Gasteiger partial charge < -0.3 is 16.4 Å². The van der Waals surface area contributed by atoms with E-state index in [0.717, 1.165) is 12.8 Å². The maximum Gasteiger partial charge on any atom is 0.223 e. The molecule has 0 saturated heterocycles. The summed E-state index contributed by atoms with van der Waals surface area (Å²) in [5.41, 5.74) is 5.68. The first-order valence-electron chi connectivity index (χ1n) is 6.01. The molecular formula is C12H18IN5O. The van der Waals surface area contributed by atoms with E-state index in [9.17, 15) is 4.79 Å². The van der Waals surface area contributed by atoms with Gasteiger partial charge in [0.15, 0.2) is 5.96 Å². The standard InChI is InChI=1S/C12H17N5O.HI/c13-12(17-10-3-1-2-6-14-10)16-8-7-15-11(18)9-4-5-9;/h1-3,6,9H,4-5,7-8H2,(H,15,18)(H3,13,14,16,17);1H. The van der Waals surface area contributed by atoms with E-state index in [1.54, 1.807) is 12.3 Å². The molecule has 1 saturated carbocycles. The molecular weight excluding hydrogens is 357 g/mol. The number of guanidine groups is 1. The number of aromatic nitrogens is 1. The third kappa shape index (κ3) is 5.86. The van der Waals surface area contributed by atoms with Crippen LogP contribution in [0.1, 0.15) is 12.8 Å². The third-order valence-corrected chi connectivity index (χ3v) is 2.56. The molecule has 1 amide bonds. The molecule has 1 heterocycles. The second-order valence-electron chi connectivity index (χ2n) is 4.17. The fourth-order valence-electron chi connectivity index (χ4n) is 1.45. The number of nitrogens with zero attached hydrogens (tertiary/aromatic N) is 2. The fourth-order valence-corrected chi connectivity index (χ4v) is 1.45. The summed E-state index contributed by atoms with van der Waals surface area (Å²) < 4.78 is 0. The molecule has 0 aromatic carbocycles. The Labute approximate surface area is 129 Å². The zero-order chi connectivity index (χ0) is 12.8. The lowest BCUT2D eigenvalue weighted by molar-refractivity contribution is -0.122. The number of nitrogens with two attached hydrogens (primary N) is 1. The lowest BCUT2D eigenvalue weighted by atomic mass is 10.4. The molecule has 0 radical (unpaired) electrons. The molecule has 1 aliphatic carbocycles. The van der Waals surface area contributed by atoms with Gasteiger partial charge in [-0.1, -0.05) is 6.07 Å². The molecule has 0 atom stereocenters. The average Bonchev–Trinajstić information content (AvgIpc) is 3.20. The zero-order valence-electron chi connectivity index (χ0n) is 10.5. The van der Waals surface area contributed by atoms with Crippen molar-refractivity contribution < 1.29 is 4.79 Å². The molecule has 1 aromatic heterocycles. The van der Waals surface area contributed by atoms with Crippen LogP contribution >= 0.6 is 24.0 Å². The van der Waals surface area contributed by atoms with E-state index < -0.39 is 0 Å². The van der Waals surface area contributed by atoms with Gasteiger partial charge in [0, 0.05) is 18.7 Å². The number of carbonyl (C=O) groups is 1. The van der Waals surface area contributed by atoms with Gasteiger partial charge in [-0.25, -0.2) is 4.98 Å². The van der Waals surface area contributed by atoms with Crippen LogP contribution in [0.25, 0.3) is 0 Å². The van der Waals surface area contributed by atoms with E-state index in [4.69, 9.17) is 5.73 Å². The van der Waals surface area contributed by atoms with E-state index in [0.29, 0.717) is 24.9 Å². The quantitative estimate of drug-likeness (QED) is 0.309. The molecule has 1 aliphatic rings. The Morgan fingerprint density at radius 1 is 1.47 bits per heavy atom. The number of halogens is 1. The van der Waals surface area contributed by atoms with Gasteiger partial charge in [0.2, 0.25) is 5.91 Å².